The fourth-order valence-electron chi connectivity index (χ4n) is 4.48. The van der Waals surface area contributed by atoms with Gasteiger partial charge in [0.2, 0.25) is 0 Å². The summed E-state index contributed by atoms with van der Waals surface area (Å²) in [6.45, 7) is 8.89. The highest BCUT2D eigenvalue weighted by Gasteiger charge is 2.48. The summed E-state index contributed by atoms with van der Waals surface area (Å²) in [7, 11) is 0. The van der Waals surface area contributed by atoms with Crippen molar-refractivity contribution in [2.75, 3.05) is 13.1 Å². The number of benzene rings is 2. The Kier molecular flexibility index (Phi) is 5.47. The summed E-state index contributed by atoms with van der Waals surface area (Å²) in [4.78, 5) is 5.09. The molecular formula is C23H30N2. The van der Waals surface area contributed by atoms with Gasteiger partial charge in [-0.3, -0.25) is 0 Å². The molecule has 0 N–H and O–H groups in total. The van der Waals surface area contributed by atoms with Crippen LogP contribution in [0.3, 0.4) is 0 Å². The van der Waals surface area contributed by atoms with E-state index in [1.54, 1.807) is 0 Å². The van der Waals surface area contributed by atoms with E-state index in [1.807, 2.05) is 0 Å². The molecule has 25 heavy (non-hydrogen) atoms. The molecule has 0 aliphatic carbocycles. The Hall–Kier alpha value is -2.22. The minimum absolute atomic E-state index is 0.0407. The Labute approximate surface area is 152 Å². The fourth-order valence-corrected chi connectivity index (χ4v) is 4.48. The lowest BCUT2D eigenvalue weighted by atomic mass is 9.78. The Morgan fingerprint density at radius 1 is 0.760 bits per heavy atom. The molecule has 1 atom stereocenters. The van der Waals surface area contributed by atoms with Gasteiger partial charge in [-0.1, -0.05) is 67.6 Å². The summed E-state index contributed by atoms with van der Waals surface area (Å²) >= 11 is 0. The second-order valence-electron chi connectivity index (χ2n) is 6.78. The average Bonchev–Trinajstić information content (AvgIpc) is 3.01. The van der Waals surface area contributed by atoms with Crippen LogP contribution in [0.4, 0.5) is 0 Å². The molecule has 1 heterocycles. The molecule has 0 spiro atoms. The normalized spacial score (nSPS) is 17.1. The lowest BCUT2D eigenvalue weighted by Gasteiger charge is -2.51. The van der Waals surface area contributed by atoms with E-state index in [9.17, 15) is 0 Å². The summed E-state index contributed by atoms with van der Waals surface area (Å²) in [5.41, 5.74) is 2.79. The molecule has 3 rings (SSSR count). The van der Waals surface area contributed by atoms with E-state index >= 15 is 0 Å². The quantitative estimate of drug-likeness (QED) is 0.682. The van der Waals surface area contributed by atoms with Gasteiger partial charge in [-0.25, -0.2) is 0 Å². The van der Waals surface area contributed by atoms with Crippen LogP contribution < -0.4 is 0 Å². The van der Waals surface area contributed by atoms with E-state index in [0.717, 1.165) is 25.9 Å². The van der Waals surface area contributed by atoms with Crippen LogP contribution in [0.5, 0.6) is 0 Å². The molecule has 132 valence electrons. The van der Waals surface area contributed by atoms with Crippen LogP contribution in [0.25, 0.3) is 0 Å². The Balaban J connectivity index is 2.10. The highest BCUT2D eigenvalue weighted by Crippen LogP contribution is 2.44. The van der Waals surface area contributed by atoms with Crippen molar-refractivity contribution in [3.05, 3.63) is 84.2 Å². The monoisotopic (exact) mass is 334 g/mol. The number of rotatable bonds is 7. The second-order valence-corrected chi connectivity index (χ2v) is 6.78. The van der Waals surface area contributed by atoms with Gasteiger partial charge in [0.05, 0.1) is 0 Å². The van der Waals surface area contributed by atoms with Gasteiger partial charge in [0.15, 0.2) is 0 Å². The molecule has 0 amide bonds. The summed E-state index contributed by atoms with van der Waals surface area (Å²) in [6, 6.07) is 22.0. The Bertz CT molecular complexity index is 664. The predicted molar refractivity (Wildman–Crippen MR) is 106 cm³/mol. The Morgan fingerprint density at radius 2 is 1.28 bits per heavy atom. The molecule has 1 unspecified atom stereocenters. The maximum absolute atomic E-state index is 2.55. The largest absolute Gasteiger partial charge is 0.353 e. The summed E-state index contributed by atoms with van der Waals surface area (Å²) < 4.78 is 0. The minimum Gasteiger partial charge on any atom is -0.353 e. The molecule has 1 aliphatic rings. The van der Waals surface area contributed by atoms with Gasteiger partial charge in [-0.2, -0.15) is 0 Å². The third-order valence-electron chi connectivity index (χ3n) is 5.58. The third kappa shape index (κ3) is 3.18. The molecule has 2 heteroatoms. The van der Waals surface area contributed by atoms with Gasteiger partial charge in [-0.15, -0.1) is 0 Å². The van der Waals surface area contributed by atoms with E-state index in [4.69, 9.17) is 0 Å². The van der Waals surface area contributed by atoms with Crippen LogP contribution in [0, 0.1) is 0 Å². The van der Waals surface area contributed by atoms with Crippen LogP contribution in [0.15, 0.2) is 73.1 Å². The van der Waals surface area contributed by atoms with Crippen molar-refractivity contribution in [3.63, 3.8) is 0 Å². The molecule has 2 nitrogen and oxygen atoms in total. The predicted octanol–water partition coefficient (Wildman–Crippen LogP) is 5.25. The topological polar surface area (TPSA) is 6.48 Å². The molecule has 0 saturated carbocycles. The molecule has 0 aromatic heterocycles. The first-order valence-corrected chi connectivity index (χ1v) is 9.56. The van der Waals surface area contributed by atoms with E-state index in [-0.39, 0.29) is 5.66 Å². The van der Waals surface area contributed by atoms with Crippen LogP contribution in [0.1, 0.15) is 44.2 Å². The summed E-state index contributed by atoms with van der Waals surface area (Å²) in [5, 5.41) is 0. The van der Waals surface area contributed by atoms with E-state index in [0.29, 0.717) is 5.92 Å². The smallest absolute Gasteiger partial charge is 0.123 e. The second kappa shape index (κ2) is 7.77. The number of likely N-dealkylation sites (N-methyl/N-ethyl adjacent to an activating group) is 2. The number of hydrogen-bond acceptors (Lipinski definition) is 2. The maximum atomic E-state index is 2.55. The molecule has 2 aromatic carbocycles. The van der Waals surface area contributed by atoms with Crippen molar-refractivity contribution < 1.29 is 0 Å². The highest BCUT2D eigenvalue weighted by atomic mass is 15.4. The first-order valence-electron chi connectivity index (χ1n) is 9.56. The fraction of sp³-hybridized carbons (Fsp3) is 0.391. The summed E-state index contributed by atoms with van der Waals surface area (Å²) in [6.07, 6.45) is 6.72. The number of hydrogen-bond donors (Lipinski definition) is 0. The summed E-state index contributed by atoms with van der Waals surface area (Å²) in [5.74, 6) is 0.448. The van der Waals surface area contributed by atoms with Gasteiger partial charge in [0.1, 0.15) is 5.66 Å². The first kappa shape index (κ1) is 17.6. The zero-order chi connectivity index (χ0) is 17.7. The van der Waals surface area contributed by atoms with Crippen molar-refractivity contribution in [2.24, 2.45) is 0 Å². The zero-order valence-corrected chi connectivity index (χ0v) is 15.7. The molecule has 0 fully saturated rings. The van der Waals surface area contributed by atoms with E-state index in [2.05, 4.69) is 104 Å². The molecule has 0 bridgehead atoms. The molecule has 2 aromatic rings. The standard InChI is InChI=1S/C23H30N2/c1-4-22(21-15-11-8-12-16-21)23(19-20-13-9-7-10-14-20)24(5-2)17-18-25(23)6-3/h7-18,22H,4-6,19H2,1-3H3. The van der Waals surface area contributed by atoms with Crippen molar-refractivity contribution in [1.82, 2.24) is 9.80 Å². The van der Waals surface area contributed by atoms with Crippen molar-refractivity contribution >= 4 is 0 Å². The lowest BCUT2D eigenvalue weighted by Crippen LogP contribution is -2.58. The first-order chi connectivity index (χ1) is 12.3. The van der Waals surface area contributed by atoms with E-state index < -0.39 is 0 Å². The number of nitrogens with zero attached hydrogens (tertiary/aromatic N) is 2. The molecule has 0 saturated heterocycles. The molecule has 1 aliphatic heterocycles. The van der Waals surface area contributed by atoms with Crippen molar-refractivity contribution in [1.29, 1.82) is 0 Å². The molecular weight excluding hydrogens is 304 g/mol. The van der Waals surface area contributed by atoms with Gasteiger partial charge >= 0.3 is 0 Å². The maximum Gasteiger partial charge on any atom is 0.123 e. The highest BCUT2D eigenvalue weighted by molar-refractivity contribution is 5.30. The SMILES string of the molecule is CCC(c1ccccc1)C1(Cc2ccccc2)N(CC)C=CN1CC. The van der Waals surface area contributed by atoms with Crippen LogP contribution in [0.2, 0.25) is 0 Å². The van der Waals surface area contributed by atoms with Gasteiger partial charge in [0, 0.05) is 37.8 Å². The lowest BCUT2D eigenvalue weighted by molar-refractivity contribution is 0.00390. The average molecular weight is 335 g/mol. The van der Waals surface area contributed by atoms with Crippen LogP contribution >= 0.6 is 0 Å². The minimum atomic E-state index is -0.0407. The van der Waals surface area contributed by atoms with E-state index in [1.165, 1.54) is 11.1 Å². The van der Waals surface area contributed by atoms with Gasteiger partial charge < -0.3 is 9.80 Å². The van der Waals surface area contributed by atoms with Crippen molar-refractivity contribution in [3.8, 4) is 0 Å². The van der Waals surface area contributed by atoms with Crippen LogP contribution in [-0.4, -0.2) is 28.6 Å². The molecule has 0 radical (unpaired) electrons. The van der Waals surface area contributed by atoms with Crippen LogP contribution in [-0.2, 0) is 6.42 Å². The van der Waals surface area contributed by atoms with Gasteiger partial charge in [0.25, 0.3) is 0 Å². The van der Waals surface area contributed by atoms with Gasteiger partial charge in [-0.05, 0) is 31.4 Å². The zero-order valence-electron chi connectivity index (χ0n) is 15.7. The Morgan fingerprint density at radius 3 is 1.76 bits per heavy atom. The van der Waals surface area contributed by atoms with Crippen molar-refractivity contribution in [2.45, 2.75) is 45.2 Å². The third-order valence-corrected chi connectivity index (χ3v) is 5.58.